The quantitative estimate of drug-likeness (QED) is 0.408. The molecular formula is C8H17Cl2NO. The molecule has 2 nitrogen and oxygen atoms in total. The molecule has 0 amide bonds. The number of likely N-dealkylation sites (N-methyl/N-ethyl adjacent to an activating group) is 1. The van der Waals surface area contributed by atoms with E-state index in [-0.39, 0.29) is 17.6 Å². The van der Waals surface area contributed by atoms with Crippen LogP contribution in [0.1, 0.15) is 20.8 Å². The number of carbonyl (C=O) groups excluding carboxylic acids is 1. The van der Waals surface area contributed by atoms with Crippen molar-refractivity contribution in [3.8, 4) is 0 Å². The Balaban J connectivity index is 0. The minimum Gasteiger partial charge on any atom is -1.00 e. The molecule has 0 aliphatic carbocycles. The van der Waals surface area contributed by atoms with Crippen LogP contribution in [0, 0.1) is 0 Å². The van der Waals surface area contributed by atoms with Crippen molar-refractivity contribution in [3.63, 3.8) is 0 Å². The third kappa shape index (κ3) is 4.29. The molecule has 0 aliphatic heterocycles. The number of quaternary nitrogens is 1. The molecule has 0 heterocycles. The fourth-order valence-corrected chi connectivity index (χ4v) is 1.52. The molecule has 0 aliphatic rings. The topological polar surface area (TPSA) is 17.1 Å². The predicted molar refractivity (Wildman–Crippen MR) is 47.6 cm³/mol. The monoisotopic (exact) mass is 213 g/mol. The van der Waals surface area contributed by atoms with Crippen molar-refractivity contribution >= 4 is 16.8 Å². The van der Waals surface area contributed by atoms with Crippen LogP contribution in [0.4, 0.5) is 0 Å². The van der Waals surface area contributed by atoms with E-state index in [1.54, 1.807) is 0 Å². The standard InChI is InChI=1S/C8H17ClNO.ClH/c1-4-10(5-2,6-3)7-8(9)11;/h4-7H2,1-3H3;1H/q+1;/p-1. The minimum absolute atomic E-state index is 0. The first kappa shape index (κ1) is 14.7. The van der Waals surface area contributed by atoms with Crippen LogP contribution >= 0.6 is 11.6 Å². The van der Waals surface area contributed by atoms with Crippen LogP contribution in [-0.4, -0.2) is 35.9 Å². The van der Waals surface area contributed by atoms with Crippen molar-refractivity contribution in [1.29, 1.82) is 0 Å². The van der Waals surface area contributed by atoms with Gasteiger partial charge in [0, 0.05) is 0 Å². The minimum atomic E-state index is -0.226. The normalized spacial score (nSPS) is 10.7. The zero-order chi connectivity index (χ0) is 8.91. The first-order chi connectivity index (χ1) is 5.10. The maximum Gasteiger partial charge on any atom is 0.276 e. The molecule has 0 radical (unpaired) electrons. The second-order valence-electron chi connectivity index (χ2n) is 2.80. The Morgan fingerprint density at radius 2 is 1.50 bits per heavy atom. The van der Waals surface area contributed by atoms with E-state index < -0.39 is 0 Å². The summed E-state index contributed by atoms with van der Waals surface area (Å²) in [7, 11) is 0. The zero-order valence-corrected chi connectivity index (χ0v) is 9.45. The third-order valence-electron chi connectivity index (χ3n) is 2.47. The van der Waals surface area contributed by atoms with E-state index in [0.29, 0.717) is 6.54 Å². The molecule has 0 atom stereocenters. The molecule has 74 valence electrons. The molecule has 0 fully saturated rings. The molecule has 0 spiro atoms. The highest BCUT2D eigenvalue weighted by Gasteiger charge is 2.23. The van der Waals surface area contributed by atoms with Gasteiger partial charge in [0.1, 0.15) is 0 Å². The van der Waals surface area contributed by atoms with Gasteiger partial charge in [-0.1, -0.05) is 0 Å². The molecule has 12 heavy (non-hydrogen) atoms. The van der Waals surface area contributed by atoms with E-state index >= 15 is 0 Å². The Morgan fingerprint density at radius 3 is 1.58 bits per heavy atom. The lowest BCUT2D eigenvalue weighted by molar-refractivity contribution is -0.915. The van der Waals surface area contributed by atoms with Gasteiger partial charge in [-0.25, -0.2) is 0 Å². The molecule has 0 aromatic carbocycles. The summed E-state index contributed by atoms with van der Waals surface area (Å²) < 4.78 is 0.808. The number of nitrogens with zero attached hydrogens (tertiary/aromatic N) is 1. The average Bonchev–Trinajstić information content (AvgIpc) is 2.00. The number of carbonyl (C=O) groups is 1. The van der Waals surface area contributed by atoms with Crippen LogP contribution in [0.2, 0.25) is 0 Å². The van der Waals surface area contributed by atoms with E-state index in [2.05, 4.69) is 20.8 Å². The molecule has 0 aromatic rings. The summed E-state index contributed by atoms with van der Waals surface area (Å²) in [6.45, 7) is 9.67. The summed E-state index contributed by atoms with van der Waals surface area (Å²) >= 11 is 5.34. The van der Waals surface area contributed by atoms with E-state index in [9.17, 15) is 4.79 Å². The lowest BCUT2D eigenvalue weighted by atomic mass is 10.3. The maximum absolute atomic E-state index is 10.7. The van der Waals surface area contributed by atoms with Gasteiger partial charge in [-0.2, -0.15) is 0 Å². The van der Waals surface area contributed by atoms with E-state index in [1.807, 2.05) is 0 Å². The highest BCUT2D eigenvalue weighted by atomic mass is 35.5. The van der Waals surface area contributed by atoms with Gasteiger partial charge in [0.25, 0.3) is 5.24 Å². The summed E-state index contributed by atoms with van der Waals surface area (Å²) in [5, 5.41) is -0.226. The summed E-state index contributed by atoms with van der Waals surface area (Å²) in [4.78, 5) is 10.7. The molecule has 0 unspecified atom stereocenters. The van der Waals surface area contributed by atoms with Crippen LogP contribution < -0.4 is 12.4 Å². The molecule has 0 rings (SSSR count). The van der Waals surface area contributed by atoms with Crippen LogP contribution in [0.3, 0.4) is 0 Å². The Kier molecular flexibility index (Phi) is 8.21. The van der Waals surface area contributed by atoms with Crippen molar-refractivity contribution in [2.75, 3.05) is 26.2 Å². The highest BCUT2D eigenvalue weighted by Crippen LogP contribution is 2.06. The summed E-state index contributed by atoms with van der Waals surface area (Å²) in [5.74, 6) is 0. The molecule has 0 saturated carbocycles. The van der Waals surface area contributed by atoms with Gasteiger partial charge in [-0.15, -0.1) is 0 Å². The number of rotatable bonds is 5. The van der Waals surface area contributed by atoms with Gasteiger partial charge in [-0.3, -0.25) is 4.79 Å². The average molecular weight is 214 g/mol. The maximum atomic E-state index is 10.7. The first-order valence-corrected chi connectivity index (χ1v) is 4.51. The lowest BCUT2D eigenvalue weighted by Crippen LogP contribution is -3.00. The Labute approximate surface area is 85.9 Å². The zero-order valence-electron chi connectivity index (χ0n) is 7.94. The Bertz CT molecular complexity index is 127. The summed E-state index contributed by atoms with van der Waals surface area (Å²) in [6.07, 6.45) is 0. The third-order valence-corrected chi connectivity index (χ3v) is 2.59. The van der Waals surface area contributed by atoms with Gasteiger partial charge in [0.2, 0.25) is 0 Å². The molecular weight excluding hydrogens is 197 g/mol. The lowest BCUT2D eigenvalue weighted by Gasteiger charge is -2.34. The van der Waals surface area contributed by atoms with Crippen molar-refractivity contribution in [2.24, 2.45) is 0 Å². The first-order valence-electron chi connectivity index (χ1n) is 4.13. The fraction of sp³-hybridized carbons (Fsp3) is 0.875. The molecule has 0 bridgehead atoms. The molecule has 0 saturated heterocycles. The second kappa shape index (κ2) is 6.70. The van der Waals surface area contributed by atoms with Gasteiger partial charge >= 0.3 is 0 Å². The van der Waals surface area contributed by atoms with E-state index in [4.69, 9.17) is 11.6 Å². The van der Waals surface area contributed by atoms with Crippen LogP contribution in [0.15, 0.2) is 0 Å². The van der Waals surface area contributed by atoms with Crippen molar-refractivity contribution in [1.82, 2.24) is 0 Å². The summed E-state index contributed by atoms with van der Waals surface area (Å²) in [6, 6.07) is 0. The van der Waals surface area contributed by atoms with E-state index in [1.165, 1.54) is 0 Å². The van der Waals surface area contributed by atoms with Gasteiger partial charge in [-0.05, 0) is 32.4 Å². The van der Waals surface area contributed by atoms with Crippen LogP contribution in [0.25, 0.3) is 0 Å². The van der Waals surface area contributed by atoms with Gasteiger partial charge < -0.3 is 16.9 Å². The van der Waals surface area contributed by atoms with Crippen LogP contribution in [0.5, 0.6) is 0 Å². The highest BCUT2D eigenvalue weighted by molar-refractivity contribution is 6.63. The van der Waals surface area contributed by atoms with E-state index in [0.717, 1.165) is 24.1 Å². The van der Waals surface area contributed by atoms with Crippen LogP contribution in [-0.2, 0) is 4.79 Å². The molecule has 0 N–H and O–H groups in total. The van der Waals surface area contributed by atoms with Crippen molar-refractivity contribution in [2.45, 2.75) is 20.8 Å². The number of hydrogen-bond donors (Lipinski definition) is 0. The van der Waals surface area contributed by atoms with Gasteiger partial charge in [0.15, 0.2) is 6.54 Å². The Morgan fingerprint density at radius 1 is 1.17 bits per heavy atom. The predicted octanol–water partition coefficient (Wildman–Crippen LogP) is -1.37. The van der Waals surface area contributed by atoms with Crippen molar-refractivity contribution in [3.05, 3.63) is 0 Å². The number of halogens is 2. The Hall–Kier alpha value is 0.210. The molecule has 4 heteroatoms. The smallest absolute Gasteiger partial charge is 0.276 e. The summed E-state index contributed by atoms with van der Waals surface area (Å²) in [5.41, 5.74) is 0. The van der Waals surface area contributed by atoms with Gasteiger partial charge in [0.05, 0.1) is 19.6 Å². The fourth-order valence-electron chi connectivity index (χ4n) is 1.27. The van der Waals surface area contributed by atoms with Crippen molar-refractivity contribution < 1.29 is 21.7 Å². The largest absolute Gasteiger partial charge is 1.00 e. The molecule has 0 aromatic heterocycles. The SMILES string of the molecule is CC[N+](CC)(CC)CC(=O)Cl.[Cl-]. The number of hydrogen-bond acceptors (Lipinski definition) is 1. The second-order valence-corrected chi connectivity index (χ2v) is 3.23.